The van der Waals surface area contributed by atoms with Gasteiger partial charge in [-0.05, 0) is 49.9 Å². The van der Waals surface area contributed by atoms with E-state index in [1.165, 1.54) is 22.5 Å². The highest BCUT2D eigenvalue weighted by Gasteiger charge is 2.34. The van der Waals surface area contributed by atoms with E-state index in [9.17, 15) is 9.59 Å². The standard InChI is InChI=1S/C19H22N4O3S/c1-11-5-6-14(8-12(11)2)23-10-13(9-16(23)24)18-21-22-19(27-18)20-17(25)15-4-3-7-26-15/h5-6,8,13,15H,3-4,7,9-10H2,1-2H3,(H,20,22,25)/t13-,15+/m1/s1. The summed E-state index contributed by atoms with van der Waals surface area (Å²) in [5, 5.41) is 12.3. The van der Waals surface area contributed by atoms with Gasteiger partial charge in [-0.3, -0.25) is 14.9 Å². The van der Waals surface area contributed by atoms with Gasteiger partial charge in [-0.2, -0.15) is 0 Å². The number of aromatic nitrogens is 2. The zero-order valence-corrected chi connectivity index (χ0v) is 16.2. The van der Waals surface area contributed by atoms with E-state index in [2.05, 4.69) is 22.4 Å². The fraction of sp³-hybridized carbons (Fsp3) is 0.474. The van der Waals surface area contributed by atoms with Crippen LogP contribution in [0.25, 0.3) is 0 Å². The lowest BCUT2D eigenvalue weighted by atomic mass is 10.1. The summed E-state index contributed by atoms with van der Waals surface area (Å²) >= 11 is 1.33. The Kier molecular flexibility index (Phi) is 4.92. The Morgan fingerprint density at radius 1 is 1.30 bits per heavy atom. The number of ether oxygens (including phenoxy) is 1. The molecule has 3 heterocycles. The maximum atomic E-state index is 12.5. The maximum Gasteiger partial charge on any atom is 0.255 e. The van der Waals surface area contributed by atoms with E-state index in [0.29, 0.717) is 24.7 Å². The summed E-state index contributed by atoms with van der Waals surface area (Å²) in [6.07, 6.45) is 1.64. The SMILES string of the molecule is Cc1ccc(N2C[C@H](c3nnc(NC(=O)[C@@H]4CCCO4)s3)CC2=O)cc1C. The van der Waals surface area contributed by atoms with Crippen LogP contribution >= 0.6 is 11.3 Å². The smallest absolute Gasteiger partial charge is 0.255 e. The van der Waals surface area contributed by atoms with E-state index in [1.54, 1.807) is 0 Å². The fourth-order valence-electron chi connectivity index (χ4n) is 3.44. The summed E-state index contributed by atoms with van der Waals surface area (Å²) in [4.78, 5) is 26.5. The van der Waals surface area contributed by atoms with Crippen LogP contribution in [-0.4, -0.2) is 41.3 Å². The predicted molar refractivity (Wildman–Crippen MR) is 103 cm³/mol. The van der Waals surface area contributed by atoms with E-state index in [0.717, 1.165) is 23.5 Å². The van der Waals surface area contributed by atoms with Crippen molar-refractivity contribution in [1.82, 2.24) is 10.2 Å². The molecule has 0 spiro atoms. The third-order valence-electron chi connectivity index (χ3n) is 5.17. The molecule has 2 fully saturated rings. The number of rotatable bonds is 4. The second kappa shape index (κ2) is 7.36. The van der Waals surface area contributed by atoms with Crippen molar-refractivity contribution in [3.8, 4) is 0 Å². The molecule has 0 unspecified atom stereocenters. The minimum Gasteiger partial charge on any atom is -0.368 e. The first-order valence-electron chi connectivity index (χ1n) is 9.15. The van der Waals surface area contributed by atoms with Crippen LogP contribution in [0.3, 0.4) is 0 Å². The molecule has 7 nitrogen and oxygen atoms in total. The number of carbonyl (C=O) groups excluding carboxylic acids is 2. The molecule has 0 radical (unpaired) electrons. The molecule has 1 aromatic heterocycles. The number of amides is 2. The van der Waals surface area contributed by atoms with Crippen molar-refractivity contribution in [3.63, 3.8) is 0 Å². The average Bonchev–Trinajstić information content (AvgIpc) is 3.38. The lowest BCUT2D eigenvalue weighted by Gasteiger charge is -2.17. The summed E-state index contributed by atoms with van der Waals surface area (Å²) in [6, 6.07) is 6.06. The quantitative estimate of drug-likeness (QED) is 0.873. The molecular weight excluding hydrogens is 364 g/mol. The normalized spacial score (nSPS) is 22.4. The maximum absolute atomic E-state index is 12.5. The molecule has 2 aliphatic heterocycles. The van der Waals surface area contributed by atoms with Gasteiger partial charge in [-0.15, -0.1) is 10.2 Å². The second-order valence-corrected chi connectivity index (χ2v) is 8.12. The van der Waals surface area contributed by atoms with Crippen LogP contribution in [0.2, 0.25) is 0 Å². The molecule has 4 rings (SSSR count). The number of benzene rings is 1. The van der Waals surface area contributed by atoms with Gasteiger partial charge in [-0.1, -0.05) is 17.4 Å². The highest BCUT2D eigenvalue weighted by Crippen LogP contribution is 2.34. The predicted octanol–water partition coefficient (Wildman–Crippen LogP) is 2.79. The van der Waals surface area contributed by atoms with Crippen molar-refractivity contribution in [2.24, 2.45) is 0 Å². The average molecular weight is 386 g/mol. The minimum atomic E-state index is -0.398. The number of hydrogen-bond acceptors (Lipinski definition) is 6. The molecule has 0 bridgehead atoms. The largest absolute Gasteiger partial charge is 0.368 e. The van der Waals surface area contributed by atoms with Crippen molar-refractivity contribution in [1.29, 1.82) is 0 Å². The Labute approximate surface area is 161 Å². The molecule has 1 aromatic carbocycles. The van der Waals surface area contributed by atoms with Crippen LogP contribution in [0.5, 0.6) is 0 Å². The molecule has 142 valence electrons. The van der Waals surface area contributed by atoms with Crippen molar-refractivity contribution >= 4 is 34.0 Å². The number of carbonyl (C=O) groups is 2. The molecule has 2 aliphatic rings. The minimum absolute atomic E-state index is 0.00927. The van der Waals surface area contributed by atoms with Crippen LogP contribution in [0, 0.1) is 13.8 Å². The zero-order chi connectivity index (χ0) is 19.0. The van der Waals surface area contributed by atoms with Crippen molar-refractivity contribution in [2.45, 2.75) is 45.1 Å². The lowest BCUT2D eigenvalue weighted by molar-refractivity contribution is -0.124. The van der Waals surface area contributed by atoms with Gasteiger partial charge in [0, 0.05) is 31.2 Å². The van der Waals surface area contributed by atoms with Crippen molar-refractivity contribution in [2.75, 3.05) is 23.4 Å². The van der Waals surface area contributed by atoms with Crippen LogP contribution < -0.4 is 10.2 Å². The third-order valence-corrected chi connectivity index (χ3v) is 6.17. The molecular formula is C19H22N4O3S. The molecule has 0 saturated carbocycles. The first-order chi connectivity index (χ1) is 13.0. The Hall–Kier alpha value is -2.32. The first kappa shape index (κ1) is 18.1. The molecule has 2 saturated heterocycles. The molecule has 2 amide bonds. The summed E-state index contributed by atoms with van der Waals surface area (Å²) in [5.74, 6) is -0.0946. The van der Waals surface area contributed by atoms with Crippen molar-refractivity contribution < 1.29 is 14.3 Å². The van der Waals surface area contributed by atoms with Gasteiger partial charge in [0.25, 0.3) is 5.91 Å². The molecule has 1 N–H and O–H groups in total. The highest BCUT2D eigenvalue weighted by molar-refractivity contribution is 7.15. The van der Waals surface area contributed by atoms with Crippen molar-refractivity contribution in [3.05, 3.63) is 34.3 Å². The Morgan fingerprint density at radius 3 is 2.89 bits per heavy atom. The van der Waals surface area contributed by atoms with Crippen LogP contribution in [0.1, 0.15) is 41.3 Å². The van der Waals surface area contributed by atoms with Gasteiger partial charge in [-0.25, -0.2) is 0 Å². The Balaban J connectivity index is 1.43. The summed E-state index contributed by atoms with van der Waals surface area (Å²) in [6.45, 7) is 5.31. The number of anilines is 2. The first-order valence-corrected chi connectivity index (χ1v) is 9.96. The zero-order valence-electron chi connectivity index (χ0n) is 15.4. The number of aryl methyl sites for hydroxylation is 2. The third kappa shape index (κ3) is 3.72. The molecule has 2 aromatic rings. The number of hydrogen-bond donors (Lipinski definition) is 1. The van der Waals surface area contributed by atoms with Gasteiger partial charge in [0.1, 0.15) is 11.1 Å². The van der Waals surface area contributed by atoms with Gasteiger partial charge >= 0.3 is 0 Å². The molecule has 0 aliphatic carbocycles. The summed E-state index contributed by atoms with van der Waals surface area (Å²) in [5.41, 5.74) is 3.29. The van der Waals surface area contributed by atoms with E-state index >= 15 is 0 Å². The van der Waals surface area contributed by atoms with Gasteiger partial charge in [0.2, 0.25) is 11.0 Å². The Bertz CT molecular complexity index is 876. The Morgan fingerprint density at radius 2 is 2.15 bits per heavy atom. The van der Waals surface area contributed by atoms with E-state index < -0.39 is 6.10 Å². The molecule has 2 atom stereocenters. The molecule has 8 heteroatoms. The second-order valence-electron chi connectivity index (χ2n) is 7.11. The topological polar surface area (TPSA) is 84.4 Å². The van der Waals surface area contributed by atoms with Gasteiger partial charge < -0.3 is 9.64 Å². The fourth-order valence-corrected chi connectivity index (χ4v) is 4.27. The highest BCUT2D eigenvalue weighted by atomic mass is 32.1. The van der Waals surface area contributed by atoms with Crippen LogP contribution in [0.15, 0.2) is 18.2 Å². The van der Waals surface area contributed by atoms with E-state index in [1.807, 2.05) is 30.0 Å². The monoisotopic (exact) mass is 386 g/mol. The van der Waals surface area contributed by atoms with E-state index in [-0.39, 0.29) is 17.7 Å². The van der Waals surface area contributed by atoms with Gasteiger partial charge in [0.05, 0.1) is 0 Å². The summed E-state index contributed by atoms with van der Waals surface area (Å²) in [7, 11) is 0. The van der Waals surface area contributed by atoms with Gasteiger partial charge in [0.15, 0.2) is 0 Å². The summed E-state index contributed by atoms with van der Waals surface area (Å²) < 4.78 is 5.38. The van der Waals surface area contributed by atoms with E-state index in [4.69, 9.17) is 4.74 Å². The van der Waals surface area contributed by atoms with Crippen LogP contribution in [-0.2, 0) is 14.3 Å². The van der Waals surface area contributed by atoms with Crippen LogP contribution in [0.4, 0.5) is 10.8 Å². The lowest BCUT2D eigenvalue weighted by Crippen LogP contribution is -2.26. The molecule has 27 heavy (non-hydrogen) atoms. The number of nitrogens with zero attached hydrogens (tertiary/aromatic N) is 3. The number of nitrogens with one attached hydrogen (secondary N) is 1.